The van der Waals surface area contributed by atoms with Crippen LogP contribution in [-0.4, -0.2) is 10.9 Å². The Morgan fingerprint density at radius 1 is 1.11 bits per heavy atom. The maximum atomic E-state index is 8.28. The topological polar surface area (TPSA) is 32.6 Å². The predicted octanol–water partition coefficient (Wildman–Crippen LogP) is -1.22. The molecule has 0 bridgehead atoms. The third kappa shape index (κ3) is 3.23. The van der Waals surface area contributed by atoms with E-state index in [2.05, 4.69) is 5.16 Å². The van der Waals surface area contributed by atoms with Gasteiger partial charge in [-0.1, -0.05) is 11.6 Å². The Kier molecular flexibility index (Phi) is 5.55. The minimum Gasteiger partial charge on any atom is -0.411 e. The Labute approximate surface area is 77.6 Å². The van der Waals surface area contributed by atoms with Crippen LogP contribution >= 0.6 is 0 Å². The minimum absolute atomic E-state index is 0. The first kappa shape index (κ1) is 9.47. The number of hydrogen-bond donors (Lipinski definition) is 1. The Balaban J connectivity index is 0.000000640. The number of nitrogens with zero attached hydrogens (tertiary/aromatic N) is 1. The summed E-state index contributed by atoms with van der Waals surface area (Å²) in [5.74, 6) is 0. The molecule has 0 radical (unpaired) electrons. The Morgan fingerprint density at radius 2 is 1.67 bits per heavy atom. The maximum absolute atomic E-state index is 8.28. The molecule has 0 aromatic carbocycles. The maximum Gasteiger partial charge on any atom is 1.00 e. The van der Waals surface area contributed by atoms with Crippen LogP contribution in [0.25, 0.3) is 0 Å². The zero-order valence-electron chi connectivity index (χ0n) is 5.93. The van der Waals surface area contributed by atoms with E-state index in [4.69, 9.17) is 5.21 Å². The average Bonchev–Trinajstić information content (AvgIpc) is 1.90. The van der Waals surface area contributed by atoms with E-state index in [-0.39, 0.29) is 29.6 Å². The summed E-state index contributed by atoms with van der Waals surface area (Å²) in [5, 5.41) is 11.4. The summed E-state index contributed by atoms with van der Waals surface area (Å²) in [5.41, 5.74) is 0.983. The van der Waals surface area contributed by atoms with Crippen molar-refractivity contribution in [3.8, 4) is 0 Å². The summed E-state index contributed by atoms with van der Waals surface area (Å²) in [6.07, 6.45) is 5.74. The SMILES string of the molecule is ON=C1CCCCC1.[Na+]. The van der Waals surface area contributed by atoms with Crippen LogP contribution in [0.5, 0.6) is 0 Å². The molecule has 1 fully saturated rings. The molecule has 1 rings (SSSR count). The van der Waals surface area contributed by atoms with Crippen LogP contribution in [0, 0.1) is 0 Å². The zero-order valence-corrected chi connectivity index (χ0v) is 7.93. The summed E-state index contributed by atoms with van der Waals surface area (Å²) in [7, 11) is 0. The van der Waals surface area contributed by atoms with Gasteiger partial charge in [0.05, 0.1) is 5.71 Å². The monoisotopic (exact) mass is 136 g/mol. The summed E-state index contributed by atoms with van der Waals surface area (Å²) < 4.78 is 0. The average molecular weight is 136 g/mol. The van der Waals surface area contributed by atoms with Gasteiger partial charge in [-0.05, 0) is 25.7 Å². The van der Waals surface area contributed by atoms with Gasteiger partial charge in [0.25, 0.3) is 0 Å². The molecular formula is C6H11NNaO+. The predicted molar refractivity (Wildman–Crippen MR) is 32.3 cm³/mol. The second-order valence-corrected chi connectivity index (χ2v) is 2.23. The Bertz CT molecular complexity index is 95.2. The fourth-order valence-electron chi connectivity index (χ4n) is 1.06. The molecule has 0 spiro atoms. The molecule has 0 aromatic rings. The molecular weight excluding hydrogens is 125 g/mol. The molecule has 1 N–H and O–H groups in total. The van der Waals surface area contributed by atoms with E-state index < -0.39 is 0 Å². The van der Waals surface area contributed by atoms with Gasteiger partial charge >= 0.3 is 29.6 Å². The molecule has 1 aliphatic carbocycles. The fourth-order valence-corrected chi connectivity index (χ4v) is 1.06. The zero-order chi connectivity index (χ0) is 5.82. The van der Waals surface area contributed by atoms with Crippen molar-refractivity contribution in [1.82, 2.24) is 0 Å². The van der Waals surface area contributed by atoms with Crippen molar-refractivity contribution in [3.05, 3.63) is 0 Å². The number of hydrogen-bond acceptors (Lipinski definition) is 2. The molecule has 3 heteroatoms. The van der Waals surface area contributed by atoms with Gasteiger partial charge in [-0.3, -0.25) is 0 Å². The first-order valence-electron chi connectivity index (χ1n) is 3.13. The van der Waals surface area contributed by atoms with E-state index in [0.717, 1.165) is 18.6 Å². The molecule has 0 aromatic heterocycles. The van der Waals surface area contributed by atoms with Crippen molar-refractivity contribution in [2.24, 2.45) is 5.16 Å². The molecule has 2 nitrogen and oxygen atoms in total. The largest absolute Gasteiger partial charge is 1.00 e. The number of rotatable bonds is 0. The molecule has 0 atom stereocenters. The third-order valence-corrected chi connectivity index (χ3v) is 1.57. The van der Waals surface area contributed by atoms with Crippen molar-refractivity contribution >= 4 is 5.71 Å². The van der Waals surface area contributed by atoms with Crippen molar-refractivity contribution in [2.45, 2.75) is 32.1 Å². The van der Waals surface area contributed by atoms with Gasteiger partial charge in [-0.25, -0.2) is 0 Å². The minimum atomic E-state index is 0. The molecule has 1 saturated carbocycles. The van der Waals surface area contributed by atoms with E-state index >= 15 is 0 Å². The smallest absolute Gasteiger partial charge is 0.411 e. The van der Waals surface area contributed by atoms with Gasteiger partial charge < -0.3 is 5.21 Å². The molecule has 46 valence electrons. The molecule has 9 heavy (non-hydrogen) atoms. The summed E-state index contributed by atoms with van der Waals surface area (Å²) in [6, 6.07) is 0. The molecule has 0 heterocycles. The van der Waals surface area contributed by atoms with Crippen LogP contribution in [0.4, 0.5) is 0 Å². The van der Waals surface area contributed by atoms with Gasteiger partial charge in [-0.15, -0.1) is 0 Å². The van der Waals surface area contributed by atoms with Crippen LogP contribution in [0.15, 0.2) is 5.16 Å². The van der Waals surface area contributed by atoms with E-state index in [1.807, 2.05) is 0 Å². The van der Waals surface area contributed by atoms with E-state index in [0.29, 0.717) is 0 Å². The van der Waals surface area contributed by atoms with E-state index in [9.17, 15) is 0 Å². The first-order chi connectivity index (χ1) is 3.93. The molecule has 1 aliphatic rings. The van der Waals surface area contributed by atoms with Crippen LogP contribution < -0.4 is 29.6 Å². The quantitative estimate of drug-likeness (QED) is 0.253. The van der Waals surface area contributed by atoms with Crippen molar-refractivity contribution in [2.75, 3.05) is 0 Å². The summed E-state index contributed by atoms with van der Waals surface area (Å²) >= 11 is 0. The second-order valence-electron chi connectivity index (χ2n) is 2.23. The molecule has 0 saturated heterocycles. The van der Waals surface area contributed by atoms with Crippen LogP contribution in [0.1, 0.15) is 32.1 Å². The van der Waals surface area contributed by atoms with Crippen LogP contribution in [0.2, 0.25) is 0 Å². The van der Waals surface area contributed by atoms with Gasteiger partial charge in [-0.2, -0.15) is 0 Å². The molecule has 0 aliphatic heterocycles. The van der Waals surface area contributed by atoms with E-state index in [1.165, 1.54) is 19.3 Å². The molecule has 0 unspecified atom stereocenters. The van der Waals surface area contributed by atoms with Crippen molar-refractivity contribution in [3.63, 3.8) is 0 Å². The summed E-state index contributed by atoms with van der Waals surface area (Å²) in [6.45, 7) is 0. The van der Waals surface area contributed by atoms with Crippen LogP contribution in [-0.2, 0) is 0 Å². The van der Waals surface area contributed by atoms with Crippen molar-refractivity contribution in [1.29, 1.82) is 0 Å². The normalized spacial score (nSPS) is 18.4. The van der Waals surface area contributed by atoms with Crippen LogP contribution in [0.3, 0.4) is 0 Å². The summed E-state index contributed by atoms with van der Waals surface area (Å²) in [4.78, 5) is 0. The van der Waals surface area contributed by atoms with Gasteiger partial charge in [0.1, 0.15) is 0 Å². The Hall–Kier alpha value is 0.470. The van der Waals surface area contributed by atoms with Crippen molar-refractivity contribution < 1.29 is 34.8 Å². The Morgan fingerprint density at radius 3 is 2.00 bits per heavy atom. The van der Waals surface area contributed by atoms with Gasteiger partial charge in [0.2, 0.25) is 0 Å². The first-order valence-corrected chi connectivity index (χ1v) is 3.13. The standard InChI is InChI=1S/C6H11NO.Na/c8-7-6-4-2-1-3-5-6;/h8H,1-5H2;/q;+1. The third-order valence-electron chi connectivity index (χ3n) is 1.57. The van der Waals surface area contributed by atoms with Gasteiger partial charge in [0.15, 0.2) is 0 Å². The van der Waals surface area contributed by atoms with E-state index in [1.54, 1.807) is 0 Å². The fraction of sp³-hybridized carbons (Fsp3) is 0.833. The molecule has 0 amide bonds. The second kappa shape index (κ2) is 5.27. The van der Waals surface area contributed by atoms with Gasteiger partial charge in [0, 0.05) is 0 Å². The number of oxime groups is 1.